The Balaban J connectivity index is 1.77. The van der Waals surface area contributed by atoms with Gasteiger partial charge < -0.3 is 10.2 Å². The number of aromatic nitrogens is 1. The molecule has 2 aliphatic rings. The highest BCUT2D eigenvalue weighted by atomic mass is 15.3. The van der Waals surface area contributed by atoms with Crippen LogP contribution in [0.15, 0.2) is 18.5 Å². The fraction of sp³-hybridized carbons (Fsp3) is 0.667. The molecule has 1 aromatic rings. The topological polar surface area (TPSA) is 31.4 Å². The average Bonchev–Trinajstić information content (AvgIpc) is 2.64. The summed E-state index contributed by atoms with van der Waals surface area (Å²) < 4.78 is 0. The lowest BCUT2D eigenvalue weighted by atomic mass is 10.1. The molecule has 0 amide bonds. The van der Waals surface area contributed by atoms with E-state index >= 15 is 0 Å². The highest BCUT2D eigenvalue weighted by molar-refractivity contribution is 5.55. The van der Waals surface area contributed by atoms with Gasteiger partial charge in [-0.25, -0.2) is 0 Å². The number of nitrogens with one attached hydrogen (secondary N) is 1. The molecule has 4 nitrogen and oxygen atoms in total. The number of nitrogens with zero attached hydrogens (tertiary/aromatic N) is 3. The van der Waals surface area contributed by atoms with Crippen molar-refractivity contribution in [3.8, 4) is 0 Å². The molecule has 0 saturated carbocycles. The SMILES string of the molecule is CCNc1cncc(N2CCC3CCC(C2)N3C)c1. The number of hydrogen-bond acceptors (Lipinski definition) is 4. The van der Waals surface area contributed by atoms with Crippen LogP contribution in [0.4, 0.5) is 11.4 Å². The van der Waals surface area contributed by atoms with E-state index < -0.39 is 0 Å². The van der Waals surface area contributed by atoms with Crippen LogP contribution in [-0.2, 0) is 0 Å². The van der Waals surface area contributed by atoms with Crippen molar-refractivity contribution in [2.24, 2.45) is 0 Å². The van der Waals surface area contributed by atoms with Gasteiger partial charge in [0.15, 0.2) is 0 Å². The van der Waals surface area contributed by atoms with Gasteiger partial charge in [-0.15, -0.1) is 0 Å². The van der Waals surface area contributed by atoms with Crippen LogP contribution >= 0.6 is 0 Å². The lowest BCUT2D eigenvalue weighted by Crippen LogP contribution is -2.36. The van der Waals surface area contributed by atoms with Gasteiger partial charge in [-0.3, -0.25) is 9.88 Å². The largest absolute Gasteiger partial charge is 0.384 e. The second-order valence-corrected chi connectivity index (χ2v) is 5.75. The zero-order chi connectivity index (χ0) is 13.2. The summed E-state index contributed by atoms with van der Waals surface area (Å²) in [5, 5.41) is 3.35. The monoisotopic (exact) mass is 260 g/mol. The van der Waals surface area contributed by atoms with Crippen molar-refractivity contribution in [3.05, 3.63) is 18.5 Å². The maximum absolute atomic E-state index is 4.37. The molecular formula is C15H24N4. The number of rotatable bonds is 3. The summed E-state index contributed by atoms with van der Waals surface area (Å²) in [6, 6.07) is 3.74. The molecule has 2 unspecified atom stereocenters. The van der Waals surface area contributed by atoms with E-state index in [4.69, 9.17) is 0 Å². The van der Waals surface area contributed by atoms with E-state index in [1.165, 1.54) is 24.9 Å². The first kappa shape index (κ1) is 12.7. The minimum absolute atomic E-state index is 0.718. The molecule has 0 aromatic carbocycles. The minimum Gasteiger partial charge on any atom is -0.384 e. The predicted octanol–water partition coefficient (Wildman–Crippen LogP) is 2.19. The lowest BCUT2D eigenvalue weighted by Gasteiger charge is -2.27. The van der Waals surface area contributed by atoms with Gasteiger partial charge in [-0.05, 0) is 39.3 Å². The van der Waals surface area contributed by atoms with Crippen LogP contribution in [0.5, 0.6) is 0 Å². The highest BCUT2D eigenvalue weighted by Gasteiger charge is 2.34. The smallest absolute Gasteiger partial charge is 0.0574 e. The predicted molar refractivity (Wildman–Crippen MR) is 79.8 cm³/mol. The molecule has 0 spiro atoms. The minimum atomic E-state index is 0.718. The lowest BCUT2D eigenvalue weighted by molar-refractivity contribution is 0.254. The third-order valence-corrected chi connectivity index (χ3v) is 4.62. The molecular weight excluding hydrogens is 236 g/mol. The number of anilines is 2. The quantitative estimate of drug-likeness (QED) is 0.902. The summed E-state index contributed by atoms with van der Waals surface area (Å²) in [7, 11) is 2.29. The summed E-state index contributed by atoms with van der Waals surface area (Å²) in [5.74, 6) is 0. The molecule has 4 heteroatoms. The Hall–Kier alpha value is -1.29. The maximum atomic E-state index is 4.37. The first-order chi connectivity index (χ1) is 9.28. The number of likely N-dealkylation sites (N-methyl/N-ethyl adjacent to an activating group) is 1. The van der Waals surface area contributed by atoms with Crippen LogP contribution in [0.25, 0.3) is 0 Å². The van der Waals surface area contributed by atoms with Gasteiger partial charge in [0.05, 0.1) is 23.8 Å². The summed E-state index contributed by atoms with van der Waals surface area (Å²) in [6.07, 6.45) is 7.91. The summed E-state index contributed by atoms with van der Waals surface area (Å²) in [6.45, 7) is 5.36. The van der Waals surface area contributed by atoms with Crippen LogP contribution < -0.4 is 10.2 Å². The fourth-order valence-electron chi connectivity index (χ4n) is 3.44. The number of pyridine rings is 1. The van der Waals surface area contributed by atoms with Gasteiger partial charge in [-0.1, -0.05) is 0 Å². The summed E-state index contributed by atoms with van der Waals surface area (Å²) in [4.78, 5) is 9.47. The number of hydrogen-bond donors (Lipinski definition) is 1. The van der Waals surface area contributed by atoms with Gasteiger partial charge in [0.25, 0.3) is 0 Å². The highest BCUT2D eigenvalue weighted by Crippen LogP contribution is 2.31. The zero-order valence-electron chi connectivity index (χ0n) is 12.0. The molecule has 0 aliphatic carbocycles. The van der Waals surface area contributed by atoms with E-state index in [9.17, 15) is 0 Å². The average molecular weight is 260 g/mol. The third-order valence-electron chi connectivity index (χ3n) is 4.62. The van der Waals surface area contributed by atoms with Gasteiger partial charge >= 0.3 is 0 Å². The molecule has 2 fully saturated rings. The molecule has 1 aromatic heterocycles. The Morgan fingerprint density at radius 1 is 1.26 bits per heavy atom. The molecule has 3 heterocycles. The van der Waals surface area contributed by atoms with Crippen LogP contribution in [0.2, 0.25) is 0 Å². The molecule has 1 N–H and O–H groups in total. The summed E-state index contributed by atoms with van der Waals surface area (Å²) in [5.41, 5.74) is 2.39. The molecule has 3 rings (SSSR count). The van der Waals surface area contributed by atoms with Gasteiger partial charge in [0.2, 0.25) is 0 Å². The molecule has 2 aliphatic heterocycles. The van der Waals surface area contributed by atoms with Crippen LogP contribution in [0, 0.1) is 0 Å². The first-order valence-corrected chi connectivity index (χ1v) is 7.43. The zero-order valence-corrected chi connectivity index (χ0v) is 12.0. The van der Waals surface area contributed by atoms with Crippen molar-refractivity contribution in [2.75, 3.05) is 36.9 Å². The van der Waals surface area contributed by atoms with Gasteiger partial charge in [0.1, 0.15) is 0 Å². The fourth-order valence-corrected chi connectivity index (χ4v) is 3.44. The van der Waals surface area contributed by atoms with Crippen molar-refractivity contribution in [1.82, 2.24) is 9.88 Å². The molecule has 2 bridgehead atoms. The van der Waals surface area contributed by atoms with Crippen molar-refractivity contribution in [1.29, 1.82) is 0 Å². The standard InChI is InChI=1S/C15H24N4/c1-3-17-12-8-15(10-16-9-12)19-7-6-13-4-5-14(11-19)18(13)2/h8-10,13-14,17H,3-7,11H2,1-2H3. The van der Waals surface area contributed by atoms with Gasteiger partial charge in [0, 0.05) is 31.7 Å². The van der Waals surface area contributed by atoms with Crippen LogP contribution in [-0.4, -0.2) is 48.6 Å². The van der Waals surface area contributed by atoms with E-state index in [0.717, 1.165) is 37.4 Å². The first-order valence-electron chi connectivity index (χ1n) is 7.43. The van der Waals surface area contributed by atoms with E-state index in [-0.39, 0.29) is 0 Å². The third kappa shape index (κ3) is 2.54. The number of fused-ring (bicyclic) bond motifs is 2. The van der Waals surface area contributed by atoms with Crippen molar-refractivity contribution >= 4 is 11.4 Å². The molecule has 0 radical (unpaired) electrons. The van der Waals surface area contributed by atoms with E-state index in [1.54, 1.807) is 0 Å². The second-order valence-electron chi connectivity index (χ2n) is 5.75. The summed E-state index contributed by atoms with van der Waals surface area (Å²) >= 11 is 0. The Bertz CT molecular complexity index is 434. The van der Waals surface area contributed by atoms with Crippen molar-refractivity contribution < 1.29 is 0 Å². The molecule has 2 saturated heterocycles. The Morgan fingerprint density at radius 2 is 2.11 bits per heavy atom. The van der Waals surface area contributed by atoms with Gasteiger partial charge in [-0.2, -0.15) is 0 Å². The Kier molecular flexibility index (Phi) is 3.60. The van der Waals surface area contributed by atoms with Crippen molar-refractivity contribution in [2.45, 2.75) is 38.3 Å². The molecule has 2 atom stereocenters. The molecule has 19 heavy (non-hydrogen) atoms. The second kappa shape index (κ2) is 5.37. The van der Waals surface area contributed by atoms with Crippen LogP contribution in [0.3, 0.4) is 0 Å². The Morgan fingerprint density at radius 3 is 2.95 bits per heavy atom. The normalized spacial score (nSPS) is 27.4. The van der Waals surface area contributed by atoms with Crippen molar-refractivity contribution in [3.63, 3.8) is 0 Å². The molecule has 104 valence electrons. The van der Waals surface area contributed by atoms with E-state index in [0.29, 0.717) is 0 Å². The van der Waals surface area contributed by atoms with Crippen LogP contribution in [0.1, 0.15) is 26.2 Å². The maximum Gasteiger partial charge on any atom is 0.0574 e. The van der Waals surface area contributed by atoms with E-state index in [2.05, 4.69) is 40.1 Å². The van der Waals surface area contributed by atoms with E-state index in [1.807, 2.05) is 12.4 Å². The Labute approximate surface area is 115 Å².